The van der Waals surface area contributed by atoms with Crippen LogP contribution in [0.15, 0.2) is 42.5 Å². The summed E-state index contributed by atoms with van der Waals surface area (Å²) in [5, 5.41) is 19.7. The second-order valence-electron chi connectivity index (χ2n) is 5.26. The molecule has 1 heterocycles. The summed E-state index contributed by atoms with van der Waals surface area (Å²) < 4.78 is 7.65. The standard InChI is InChI=1S/C17H15N3O4S/c1-24-12-6-7-13-14(8-12)25-17(18)20(13)9-15(21)19-11-4-2-10(3-5-11)16(22)23/h2-8,18H,9H2,1H3,(H,19,21)(H,22,23). The number of methoxy groups -OCH3 is 1. The summed E-state index contributed by atoms with van der Waals surface area (Å²) in [6, 6.07) is 11.3. The molecule has 3 aromatic rings. The van der Waals surface area contributed by atoms with Crippen LogP contribution in [0.2, 0.25) is 0 Å². The minimum absolute atomic E-state index is 0.00809. The zero-order valence-electron chi connectivity index (χ0n) is 13.3. The number of aromatic nitrogens is 1. The summed E-state index contributed by atoms with van der Waals surface area (Å²) in [6.45, 7) is -0.00809. The Kier molecular flexibility index (Phi) is 4.53. The third kappa shape index (κ3) is 3.53. The monoisotopic (exact) mass is 357 g/mol. The second kappa shape index (κ2) is 6.78. The van der Waals surface area contributed by atoms with Crippen LogP contribution in [-0.4, -0.2) is 28.7 Å². The van der Waals surface area contributed by atoms with E-state index >= 15 is 0 Å². The van der Waals surface area contributed by atoms with Crippen LogP contribution in [0.5, 0.6) is 5.75 Å². The van der Waals surface area contributed by atoms with Crippen molar-refractivity contribution in [2.45, 2.75) is 6.54 Å². The number of hydrogen-bond acceptors (Lipinski definition) is 5. The van der Waals surface area contributed by atoms with Crippen LogP contribution in [0.1, 0.15) is 10.4 Å². The van der Waals surface area contributed by atoms with Gasteiger partial charge in [-0.15, -0.1) is 0 Å². The van der Waals surface area contributed by atoms with Crippen molar-refractivity contribution in [1.82, 2.24) is 4.57 Å². The number of thiazole rings is 1. The van der Waals surface area contributed by atoms with Gasteiger partial charge in [-0.1, -0.05) is 11.3 Å². The van der Waals surface area contributed by atoms with Gasteiger partial charge in [0.05, 0.1) is 22.9 Å². The Morgan fingerprint density at radius 2 is 1.96 bits per heavy atom. The van der Waals surface area contributed by atoms with Crippen molar-refractivity contribution < 1.29 is 19.4 Å². The van der Waals surface area contributed by atoms with E-state index in [9.17, 15) is 9.59 Å². The lowest BCUT2D eigenvalue weighted by Crippen LogP contribution is -2.24. The predicted octanol–water partition coefficient (Wildman–Crippen LogP) is 2.53. The summed E-state index contributed by atoms with van der Waals surface area (Å²) in [7, 11) is 1.58. The van der Waals surface area contributed by atoms with Gasteiger partial charge in [-0.2, -0.15) is 0 Å². The lowest BCUT2D eigenvalue weighted by Gasteiger charge is -2.08. The minimum atomic E-state index is -1.02. The molecule has 0 aliphatic rings. The molecule has 3 N–H and O–H groups in total. The number of rotatable bonds is 5. The molecule has 1 amide bonds. The first-order valence-corrected chi connectivity index (χ1v) is 8.15. The number of anilines is 1. The predicted molar refractivity (Wildman–Crippen MR) is 94.3 cm³/mol. The molecule has 0 aliphatic heterocycles. The topological polar surface area (TPSA) is 104 Å². The van der Waals surface area contributed by atoms with Gasteiger partial charge in [0.2, 0.25) is 5.91 Å². The van der Waals surface area contributed by atoms with E-state index in [1.54, 1.807) is 17.7 Å². The number of hydrogen-bond donors (Lipinski definition) is 3. The number of carbonyl (C=O) groups excluding carboxylic acids is 1. The van der Waals surface area contributed by atoms with Gasteiger partial charge in [0.15, 0.2) is 4.80 Å². The third-order valence-corrected chi connectivity index (χ3v) is 4.59. The third-order valence-electron chi connectivity index (χ3n) is 3.63. The molecule has 0 unspecified atom stereocenters. The molecule has 0 atom stereocenters. The smallest absolute Gasteiger partial charge is 0.335 e. The Hall–Kier alpha value is -3.13. The fraction of sp³-hybridized carbons (Fsp3) is 0.118. The van der Waals surface area contributed by atoms with Crippen LogP contribution in [-0.2, 0) is 11.3 Å². The molecule has 7 nitrogen and oxygen atoms in total. The molecular formula is C17H15N3O4S. The molecule has 0 spiro atoms. The normalized spacial score (nSPS) is 10.6. The number of carboxylic acid groups (broad SMARTS) is 1. The van der Waals surface area contributed by atoms with E-state index in [4.69, 9.17) is 15.3 Å². The van der Waals surface area contributed by atoms with E-state index in [-0.39, 0.29) is 22.8 Å². The number of amides is 1. The summed E-state index contributed by atoms with van der Waals surface area (Å²) in [5.74, 6) is -0.617. The molecule has 128 valence electrons. The van der Waals surface area contributed by atoms with Crippen molar-refractivity contribution in [1.29, 1.82) is 5.41 Å². The van der Waals surface area contributed by atoms with Crippen LogP contribution < -0.4 is 14.9 Å². The number of nitrogens with one attached hydrogen (secondary N) is 2. The van der Waals surface area contributed by atoms with Crippen molar-refractivity contribution in [2.75, 3.05) is 12.4 Å². The summed E-state index contributed by atoms with van der Waals surface area (Å²) >= 11 is 1.27. The summed E-state index contributed by atoms with van der Waals surface area (Å²) in [6.07, 6.45) is 0. The van der Waals surface area contributed by atoms with E-state index in [0.717, 1.165) is 10.2 Å². The molecular weight excluding hydrogens is 342 g/mol. The molecule has 1 aromatic heterocycles. The molecule has 2 aromatic carbocycles. The van der Waals surface area contributed by atoms with Crippen LogP contribution in [0.4, 0.5) is 5.69 Å². The maximum Gasteiger partial charge on any atom is 0.335 e. The Labute approximate surface area is 146 Å². The van der Waals surface area contributed by atoms with Gasteiger partial charge in [0.1, 0.15) is 12.3 Å². The van der Waals surface area contributed by atoms with Crippen molar-refractivity contribution in [3.8, 4) is 5.75 Å². The number of carboxylic acids is 1. The average molecular weight is 357 g/mol. The molecule has 0 bridgehead atoms. The van der Waals surface area contributed by atoms with E-state index < -0.39 is 5.97 Å². The first-order chi connectivity index (χ1) is 12.0. The largest absolute Gasteiger partial charge is 0.497 e. The van der Waals surface area contributed by atoms with E-state index in [0.29, 0.717) is 11.4 Å². The van der Waals surface area contributed by atoms with Crippen LogP contribution in [0.25, 0.3) is 10.2 Å². The molecule has 0 saturated carbocycles. The molecule has 0 saturated heterocycles. The van der Waals surface area contributed by atoms with Crippen molar-refractivity contribution in [2.24, 2.45) is 0 Å². The molecule has 0 aliphatic carbocycles. The number of carbonyl (C=O) groups is 2. The zero-order chi connectivity index (χ0) is 18.0. The van der Waals surface area contributed by atoms with Crippen molar-refractivity contribution >= 4 is 39.1 Å². The Balaban J connectivity index is 1.79. The van der Waals surface area contributed by atoms with Gasteiger partial charge >= 0.3 is 5.97 Å². The van der Waals surface area contributed by atoms with Crippen molar-refractivity contribution in [3.63, 3.8) is 0 Å². The number of fused-ring (bicyclic) bond motifs is 1. The lowest BCUT2D eigenvalue weighted by atomic mass is 10.2. The zero-order valence-corrected chi connectivity index (χ0v) is 14.1. The Morgan fingerprint density at radius 3 is 2.60 bits per heavy atom. The van der Waals surface area contributed by atoms with Gasteiger partial charge < -0.3 is 19.7 Å². The van der Waals surface area contributed by atoms with Gasteiger partial charge in [-0.25, -0.2) is 4.79 Å². The first-order valence-electron chi connectivity index (χ1n) is 7.33. The fourth-order valence-corrected chi connectivity index (χ4v) is 3.33. The van der Waals surface area contributed by atoms with Crippen LogP contribution in [0.3, 0.4) is 0 Å². The maximum absolute atomic E-state index is 12.3. The fourth-order valence-electron chi connectivity index (χ4n) is 2.39. The van der Waals surface area contributed by atoms with E-state index in [2.05, 4.69) is 5.32 Å². The van der Waals surface area contributed by atoms with Crippen LogP contribution in [0, 0.1) is 5.41 Å². The summed E-state index contributed by atoms with van der Waals surface area (Å²) in [4.78, 5) is 23.4. The second-order valence-corrected chi connectivity index (χ2v) is 6.29. The number of aromatic carboxylic acids is 1. The Bertz CT molecular complexity index is 1000. The highest BCUT2D eigenvalue weighted by Crippen LogP contribution is 2.23. The van der Waals surface area contributed by atoms with Gasteiger partial charge in [0, 0.05) is 5.69 Å². The van der Waals surface area contributed by atoms with E-state index in [1.165, 1.54) is 35.6 Å². The molecule has 0 fully saturated rings. The van der Waals surface area contributed by atoms with Crippen LogP contribution >= 0.6 is 11.3 Å². The average Bonchev–Trinajstić information content (AvgIpc) is 2.90. The lowest BCUT2D eigenvalue weighted by molar-refractivity contribution is -0.116. The number of nitrogens with zero attached hydrogens (tertiary/aromatic N) is 1. The quantitative estimate of drug-likeness (QED) is 0.652. The van der Waals surface area contributed by atoms with Gasteiger partial charge in [-0.05, 0) is 42.5 Å². The SMILES string of the molecule is COc1ccc2c(c1)sc(=N)n2CC(=O)Nc1ccc(C(=O)O)cc1. The van der Waals surface area contributed by atoms with Gasteiger partial charge in [0.25, 0.3) is 0 Å². The summed E-state index contributed by atoms with van der Waals surface area (Å²) in [5.41, 5.74) is 1.44. The highest BCUT2D eigenvalue weighted by molar-refractivity contribution is 7.16. The van der Waals surface area contributed by atoms with Gasteiger partial charge in [-0.3, -0.25) is 10.2 Å². The highest BCUT2D eigenvalue weighted by Gasteiger charge is 2.11. The van der Waals surface area contributed by atoms with Crippen molar-refractivity contribution in [3.05, 3.63) is 52.8 Å². The Morgan fingerprint density at radius 1 is 1.24 bits per heavy atom. The number of benzene rings is 2. The molecule has 8 heteroatoms. The minimum Gasteiger partial charge on any atom is -0.497 e. The first kappa shape index (κ1) is 16.7. The highest BCUT2D eigenvalue weighted by atomic mass is 32.1. The number of ether oxygens (including phenoxy) is 1. The molecule has 3 rings (SSSR count). The molecule has 0 radical (unpaired) electrons. The molecule has 25 heavy (non-hydrogen) atoms. The van der Waals surface area contributed by atoms with E-state index in [1.807, 2.05) is 12.1 Å². The maximum atomic E-state index is 12.3.